The second kappa shape index (κ2) is 17.5. The summed E-state index contributed by atoms with van der Waals surface area (Å²) in [5.41, 5.74) is 0.955. The Morgan fingerprint density at radius 1 is 0.698 bits per heavy atom. The molecule has 8 fully saturated rings. The first kappa shape index (κ1) is 47.1. The molecule has 5 unspecified atom stereocenters. The fourth-order valence-corrected chi connectivity index (χ4v) is 14.1. The zero-order chi connectivity index (χ0) is 45.1. The molecule has 18 nitrogen and oxygen atoms in total. The van der Waals surface area contributed by atoms with Gasteiger partial charge in [-0.05, 0) is 92.3 Å². The molecule has 0 aromatic carbocycles. The monoisotopic (exact) mass is 900 g/mol. The maximum Gasteiger partial charge on any atom is 0.187 e. The first-order chi connectivity index (χ1) is 29.8. The maximum atomic E-state index is 12.0. The van der Waals surface area contributed by atoms with E-state index in [1.165, 1.54) is 6.92 Å². The van der Waals surface area contributed by atoms with Gasteiger partial charge in [0.1, 0.15) is 67.1 Å². The van der Waals surface area contributed by atoms with Gasteiger partial charge in [-0.2, -0.15) is 0 Å². The Hall–Kier alpha value is -0.980. The van der Waals surface area contributed by atoms with Crippen molar-refractivity contribution in [3.8, 4) is 0 Å². The minimum absolute atomic E-state index is 0.113. The van der Waals surface area contributed by atoms with E-state index in [9.17, 15) is 51.1 Å². The van der Waals surface area contributed by atoms with Crippen molar-refractivity contribution in [2.45, 2.75) is 202 Å². The lowest BCUT2D eigenvalue weighted by molar-refractivity contribution is -0.391. The molecule has 10 N–H and O–H groups in total. The predicted molar refractivity (Wildman–Crippen MR) is 216 cm³/mol. The van der Waals surface area contributed by atoms with E-state index in [0.717, 1.165) is 50.7 Å². The Bertz CT molecular complexity index is 1640. The van der Waals surface area contributed by atoms with Crippen LogP contribution in [0.3, 0.4) is 0 Å². The zero-order valence-electron chi connectivity index (χ0n) is 37.0. The van der Waals surface area contributed by atoms with Crippen molar-refractivity contribution in [2.24, 2.45) is 46.3 Å². The summed E-state index contributed by atoms with van der Waals surface area (Å²) in [4.78, 5) is 0. The van der Waals surface area contributed by atoms with Crippen LogP contribution in [0.2, 0.25) is 0 Å². The highest BCUT2D eigenvalue weighted by molar-refractivity contribution is 5.27. The average Bonchev–Trinajstić information content (AvgIpc) is 3.70. The van der Waals surface area contributed by atoms with Crippen LogP contribution in [0.5, 0.6) is 0 Å². The molecule has 1 spiro atoms. The lowest BCUT2D eigenvalue weighted by atomic mass is 9.46. The van der Waals surface area contributed by atoms with Crippen molar-refractivity contribution in [1.29, 1.82) is 0 Å². The molecule has 360 valence electrons. The van der Waals surface area contributed by atoms with Crippen LogP contribution in [-0.4, -0.2) is 187 Å². The van der Waals surface area contributed by atoms with Gasteiger partial charge in [0.25, 0.3) is 0 Å². The normalized spacial score (nSPS) is 58.1. The highest BCUT2D eigenvalue weighted by Crippen LogP contribution is 2.70. The zero-order valence-corrected chi connectivity index (χ0v) is 37.0. The predicted octanol–water partition coefficient (Wildman–Crippen LogP) is -0.815. The third-order valence-corrected chi connectivity index (χ3v) is 17.7. The first-order valence-corrected chi connectivity index (χ1v) is 23.5. The number of ether oxygens (including phenoxy) is 8. The van der Waals surface area contributed by atoms with Crippen molar-refractivity contribution < 1.29 is 89.0 Å². The fourth-order valence-electron chi connectivity index (χ4n) is 14.1. The Balaban J connectivity index is 0.937. The van der Waals surface area contributed by atoms with E-state index >= 15 is 0 Å². The van der Waals surface area contributed by atoms with E-state index in [1.54, 1.807) is 0 Å². The van der Waals surface area contributed by atoms with Gasteiger partial charge in [-0.1, -0.05) is 39.3 Å². The van der Waals surface area contributed by atoms with Crippen molar-refractivity contribution >= 4 is 0 Å². The summed E-state index contributed by atoms with van der Waals surface area (Å²) in [7, 11) is 0. The lowest BCUT2D eigenvalue weighted by Crippen LogP contribution is -2.67. The topological polar surface area (TPSA) is 276 Å². The van der Waals surface area contributed by atoms with Gasteiger partial charge in [0, 0.05) is 12.3 Å². The summed E-state index contributed by atoms with van der Waals surface area (Å²) in [6.45, 7) is 10.0. The van der Waals surface area contributed by atoms with Gasteiger partial charge in [0.2, 0.25) is 0 Å². The molecule has 18 heteroatoms. The number of hydrogen-bond acceptors (Lipinski definition) is 18. The van der Waals surface area contributed by atoms with Crippen LogP contribution in [0.15, 0.2) is 11.6 Å². The molecular formula is C45H72O18. The number of hydrogen-bond donors (Lipinski definition) is 10. The molecule has 9 aliphatic rings. The number of allylic oxidation sites excluding steroid dienone is 1. The van der Waals surface area contributed by atoms with E-state index in [0.29, 0.717) is 48.3 Å². The molecule has 0 aromatic rings. The fraction of sp³-hybridized carbons (Fsp3) is 0.956. The van der Waals surface area contributed by atoms with Gasteiger partial charge >= 0.3 is 0 Å². The minimum Gasteiger partial charge on any atom is -0.394 e. The summed E-state index contributed by atoms with van der Waals surface area (Å²) in [5.74, 6) is 1.99. The van der Waals surface area contributed by atoms with E-state index in [4.69, 9.17) is 37.9 Å². The summed E-state index contributed by atoms with van der Waals surface area (Å²) in [6, 6.07) is 0. The van der Waals surface area contributed by atoms with Gasteiger partial charge in [-0.25, -0.2) is 0 Å². The Morgan fingerprint density at radius 2 is 1.37 bits per heavy atom. The number of rotatable bonds is 8. The van der Waals surface area contributed by atoms with Crippen molar-refractivity contribution in [3.63, 3.8) is 0 Å². The average molecular weight is 901 g/mol. The molecule has 5 aliphatic heterocycles. The van der Waals surface area contributed by atoms with E-state index in [-0.39, 0.29) is 16.9 Å². The molecular weight excluding hydrogens is 828 g/mol. The Labute approximate surface area is 368 Å². The highest BCUT2D eigenvalue weighted by Gasteiger charge is 2.69. The maximum absolute atomic E-state index is 12.0. The van der Waals surface area contributed by atoms with Crippen LogP contribution in [0.25, 0.3) is 0 Å². The summed E-state index contributed by atoms with van der Waals surface area (Å²) in [6.07, 6.45) is -16.5. The van der Waals surface area contributed by atoms with Crippen LogP contribution >= 0.6 is 0 Å². The second-order valence-electron chi connectivity index (χ2n) is 21.2. The van der Waals surface area contributed by atoms with Gasteiger partial charge in [0.15, 0.2) is 24.7 Å². The smallest absolute Gasteiger partial charge is 0.187 e. The molecule has 4 aliphatic carbocycles. The van der Waals surface area contributed by atoms with Crippen LogP contribution in [-0.2, 0) is 37.9 Å². The van der Waals surface area contributed by atoms with E-state index in [2.05, 4.69) is 33.8 Å². The second-order valence-corrected chi connectivity index (χ2v) is 21.2. The van der Waals surface area contributed by atoms with Crippen LogP contribution < -0.4 is 0 Å². The van der Waals surface area contributed by atoms with Gasteiger partial charge < -0.3 is 89.0 Å². The third-order valence-electron chi connectivity index (χ3n) is 17.7. The lowest BCUT2D eigenvalue weighted by Gasteiger charge is -2.59. The molecule has 9 rings (SSSR count). The standard InChI is InChI=1S/C45H72O18/c1-18-8-11-45(56-17-18)19(2)30-27(63-45)13-24-22-7-6-21-12-26(25(48)14-44(21,5)23(22)9-10-43(24,30)4)58-42-39(62-41-36(54)34(52)32(50)28(15-46)59-41)37(55)38(29(16-47)60-42)61-40-35(53)33(51)31(49)20(3)57-40/h6,18-20,22-42,46-55H,7-17H2,1-5H3/t18-,19+,20+,22?,23?,24?,25-,26-,27?,28-,29-,30?,31+,32-,33-,34+,35-,36-,37+,38-,39-,40+,41+,42-,43+,44+,45-/m1/s1. The number of aliphatic hydroxyl groups excluding tert-OH is 10. The van der Waals surface area contributed by atoms with Crippen molar-refractivity contribution in [2.75, 3.05) is 19.8 Å². The molecule has 0 aromatic heterocycles. The van der Waals surface area contributed by atoms with E-state index < -0.39 is 123 Å². The summed E-state index contributed by atoms with van der Waals surface area (Å²) >= 11 is 0. The first-order valence-electron chi connectivity index (χ1n) is 23.5. The summed E-state index contributed by atoms with van der Waals surface area (Å²) in [5, 5.41) is 108. The minimum atomic E-state index is -1.87. The number of fused-ring (bicyclic) bond motifs is 7. The highest BCUT2D eigenvalue weighted by atomic mass is 16.8. The van der Waals surface area contributed by atoms with Crippen LogP contribution in [0.4, 0.5) is 0 Å². The third kappa shape index (κ3) is 7.71. The number of aliphatic hydroxyl groups is 10. The SMILES string of the molecule is C[C@@H]1CC[C@@]2(OC1)OC1CC3C4CC=C5C[C@@H](O[C@@H]6O[C@H](CO)[C@@H](O[C@@H]7O[C@@H](C)[C@H](O)[C@@H](O)[C@H]7O)[C@H](O)[C@H]6O[C@@H]6O[C@H](CO)[C@@H](O)[C@H](O)[C@H]6O)[C@H](O)C[C@]5(C)C4CC[C@]3(C)C1[C@@H]2C. The molecule has 27 atom stereocenters. The molecule has 5 saturated heterocycles. The van der Waals surface area contributed by atoms with Crippen molar-refractivity contribution in [3.05, 3.63) is 11.6 Å². The Kier molecular flexibility index (Phi) is 13.1. The van der Waals surface area contributed by atoms with Gasteiger partial charge in [-0.3, -0.25) is 0 Å². The van der Waals surface area contributed by atoms with Crippen molar-refractivity contribution in [1.82, 2.24) is 0 Å². The molecule has 63 heavy (non-hydrogen) atoms. The molecule has 5 heterocycles. The molecule has 0 bridgehead atoms. The molecule has 3 saturated carbocycles. The van der Waals surface area contributed by atoms with Gasteiger partial charge in [-0.15, -0.1) is 0 Å². The van der Waals surface area contributed by atoms with Gasteiger partial charge in [0.05, 0.1) is 44.2 Å². The largest absolute Gasteiger partial charge is 0.394 e. The van der Waals surface area contributed by atoms with Crippen LogP contribution in [0.1, 0.15) is 86.0 Å². The van der Waals surface area contributed by atoms with Crippen LogP contribution in [0, 0.1) is 46.3 Å². The molecule has 0 radical (unpaired) electrons. The van der Waals surface area contributed by atoms with E-state index in [1.807, 2.05) is 0 Å². The summed E-state index contributed by atoms with van der Waals surface area (Å²) < 4.78 is 49.5. The Morgan fingerprint density at radius 3 is 2.05 bits per heavy atom. The quantitative estimate of drug-likeness (QED) is 0.133. The molecule has 0 amide bonds.